The molecule has 0 spiro atoms. The summed E-state index contributed by atoms with van der Waals surface area (Å²) in [5.41, 5.74) is 0.675. The smallest absolute Gasteiger partial charge is 0.410 e. The third-order valence-corrected chi connectivity index (χ3v) is 3.55. The Hall–Kier alpha value is -1.55. The molecular weight excluding hydrogens is 254 g/mol. The van der Waals surface area contributed by atoms with Crippen LogP contribution in [0, 0.1) is 5.92 Å². The van der Waals surface area contributed by atoms with Gasteiger partial charge in [0.25, 0.3) is 0 Å². The molecule has 1 saturated heterocycles. The number of ether oxygens (including phenoxy) is 1. The summed E-state index contributed by atoms with van der Waals surface area (Å²) in [5, 5.41) is 9.55. The highest BCUT2D eigenvalue weighted by Crippen LogP contribution is 2.33. The van der Waals surface area contributed by atoms with Crippen LogP contribution in [0.4, 0.5) is 4.79 Å². The highest BCUT2D eigenvalue weighted by atomic mass is 16.6. The van der Waals surface area contributed by atoms with Gasteiger partial charge in [0.05, 0.1) is 0 Å². The van der Waals surface area contributed by atoms with Gasteiger partial charge in [-0.05, 0) is 26.3 Å². The van der Waals surface area contributed by atoms with Crippen molar-refractivity contribution in [3.05, 3.63) is 35.9 Å². The van der Waals surface area contributed by atoms with Gasteiger partial charge in [0.1, 0.15) is 5.60 Å². The van der Waals surface area contributed by atoms with E-state index in [0.29, 0.717) is 13.1 Å². The van der Waals surface area contributed by atoms with Crippen LogP contribution >= 0.6 is 0 Å². The average Bonchev–Trinajstić information content (AvgIpc) is 2.82. The Balaban J connectivity index is 2.08. The number of benzene rings is 1. The summed E-state index contributed by atoms with van der Waals surface area (Å²) in [6.45, 7) is 6.81. The van der Waals surface area contributed by atoms with Crippen molar-refractivity contribution in [2.45, 2.75) is 32.3 Å². The number of aliphatic hydroxyl groups is 1. The van der Waals surface area contributed by atoms with Crippen molar-refractivity contribution in [3.8, 4) is 0 Å². The third kappa shape index (κ3) is 3.51. The summed E-state index contributed by atoms with van der Waals surface area (Å²) in [4.78, 5) is 13.8. The lowest BCUT2D eigenvalue weighted by Gasteiger charge is -2.24. The van der Waals surface area contributed by atoms with Gasteiger partial charge in [0.2, 0.25) is 0 Å². The number of hydrogen-bond acceptors (Lipinski definition) is 3. The first kappa shape index (κ1) is 14.9. The molecule has 0 aliphatic carbocycles. The maximum absolute atomic E-state index is 12.1. The second-order valence-electron chi connectivity index (χ2n) is 6.35. The number of carbonyl (C=O) groups is 1. The summed E-state index contributed by atoms with van der Waals surface area (Å²) >= 11 is 0. The fraction of sp³-hybridized carbons (Fsp3) is 0.562. The van der Waals surface area contributed by atoms with E-state index in [9.17, 15) is 9.90 Å². The molecule has 2 atom stereocenters. The van der Waals surface area contributed by atoms with Crippen molar-refractivity contribution in [2.24, 2.45) is 5.92 Å². The number of nitrogens with zero attached hydrogens (tertiary/aromatic N) is 1. The van der Waals surface area contributed by atoms with Crippen LogP contribution in [0.2, 0.25) is 0 Å². The summed E-state index contributed by atoms with van der Waals surface area (Å²) < 4.78 is 5.40. The first-order valence-corrected chi connectivity index (χ1v) is 7.04. The number of amides is 1. The van der Waals surface area contributed by atoms with Crippen molar-refractivity contribution in [3.63, 3.8) is 0 Å². The standard InChI is InChI=1S/C16H23NO3/c1-16(2,3)20-15(19)17-9-13(11-18)14(10-17)12-7-5-4-6-8-12/h4-8,13-14,18H,9-11H2,1-3H3/t13-,14-/m1/s1. The number of carbonyl (C=O) groups excluding carboxylic acids is 1. The van der Waals surface area contributed by atoms with Gasteiger partial charge in [-0.25, -0.2) is 4.79 Å². The van der Waals surface area contributed by atoms with Crippen LogP contribution in [0.3, 0.4) is 0 Å². The molecule has 0 aromatic heterocycles. The van der Waals surface area contributed by atoms with Gasteiger partial charge in [-0.2, -0.15) is 0 Å². The molecule has 1 aromatic carbocycles. The molecule has 2 rings (SSSR count). The molecule has 4 heteroatoms. The second-order valence-corrected chi connectivity index (χ2v) is 6.35. The zero-order valence-corrected chi connectivity index (χ0v) is 12.4. The lowest BCUT2D eigenvalue weighted by atomic mass is 9.90. The van der Waals surface area contributed by atoms with Crippen LogP contribution in [0.25, 0.3) is 0 Å². The number of rotatable bonds is 2. The Morgan fingerprint density at radius 1 is 1.30 bits per heavy atom. The Morgan fingerprint density at radius 2 is 1.95 bits per heavy atom. The highest BCUT2D eigenvalue weighted by Gasteiger charge is 2.37. The Labute approximate surface area is 120 Å². The Morgan fingerprint density at radius 3 is 2.50 bits per heavy atom. The maximum atomic E-state index is 12.1. The van der Waals surface area contributed by atoms with Crippen LogP contribution < -0.4 is 0 Å². The molecule has 0 saturated carbocycles. The van der Waals surface area contributed by atoms with E-state index in [1.807, 2.05) is 51.1 Å². The SMILES string of the molecule is CC(C)(C)OC(=O)N1C[C@H](CO)[C@@H](c2ccccc2)C1. The van der Waals surface area contributed by atoms with E-state index in [2.05, 4.69) is 0 Å². The molecule has 0 radical (unpaired) electrons. The minimum Gasteiger partial charge on any atom is -0.444 e. The lowest BCUT2D eigenvalue weighted by Crippen LogP contribution is -2.35. The molecule has 0 unspecified atom stereocenters. The van der Waals surface area contributed by atoms with Crippen LogP contribution in [-0.4, -0.2) is 41.4 Å². The molecule has 1 fully saturated rings. The van der Waals surface area contributed by atoms with E-state index in [1.165, 1.54) is 0 Å². The molecule has 1 aromatic rings. The Kier molecular flexibility index (Phi) is 4.33. The van der Waals surface area contributed by atoms with Gasteiger partial charge in [0.15, 0.2) is 0 Å². The summed E-state index contributed by atoms with van der Waals surface area (Å²) in [7, 11) is 0. The Bertz CT molecular complexity index is 453. The van der Waals surface area contributed by atoms with Crippen molar-refractivity contribution in [1.29, 1.82) is 0 Å². The van der Waals surface area contributed by atoms with Crippen molar-refractivity contribution in [2.75, 3.05) is 19.7 Å². The summed E-state index contributed by atoms with van der Waals surface area (Å²) in [5.74, 6) is 0.249. The summed E-state index contributed by atoms with van der Waals surface area (Å²) in [6.07, 6.45) is -0.297. The quantitative estimate of drug-likeness (QED) is 0.904. The molecular formula is C16H23NO3. The van der Waals surface area contributed by atoms with Crippen LogP contribution in [0.5, 0.6) is 0 Å². The zero-order valence-electron chi connectivity index (χ0n) is 12.4. The van der Waals surface area contributed by atoms with Crippen molar-refractivity contribution >= 4 is 6.09 Å². The third-order valence-electron chi connectivity index (χ3n) is 3.55. The molecule has 0 bridgehead atoms. The van der Waals surface area contributed by atoms with Gasteiger partial charge in [-0.3, -0.25) is 0 Å². The van der Waals surface area contributed by atoms with E-state index >= 15 is 0 Å². The first-order chi connectivity index (χ1) is 9.40. The van der Waals surface area contributed by atoms with Crippen LogP contribution in [0.15, 0.2) is 30.3 Å². The topological polar surface area (TPSA) is 49.8 Å². The van der Waals surface area contributed by atoms with Gasteiger partial charge in [-0.1, -0.05) is 30.3 Å². The molecule has 4 nitrogen and oxygen atoms in total. The maximum Gasteiger partial charge on any atom is 0.410 e. The minimum atomic E-state index is -0.489. The fourth-order valence-electron chi connectivity index (χ4n) is 2.61. The van der Waals surface area contributed by atoms with Crippen molar-refractivity contribution < 1.29 is 14.6 Å². The van der Waals surface area contributed by atoms with Gasteiger partial charge in [0, 0.05) is 31.5 Å². The largest absolute Gasteiger partial charge is 0.444 e. The van der Waals surface area contributed by atoms with Gasteiger partial charge < -0.3 is 14.7 Å². The first-order valence-electron chi connectivity index (χ1n) is 7.04. The molecule has 20 heavy (non-hydrogen) atoms. The van der Waals surface area contributed by atoms with Gasteiger partial charge in [-0.15, -0.1) is 0 Å². The van der Waals surface area contributed by atoms with Crippen LogP contribution in [0.1, 0.15) is 32.3 Å². The fourth-order valence-corrected chi connectivity index (χ4v) is 2.61. The van der Waals surface area contributed by atoms with E-state index in [-0.39, 0.29) is 24.5 Å². The predicted octanol–water partition coefficient (Wildman–Crippen LogP) is 2.63. The second kappa shape index (κ2) is 5.83. The van der Waals surface area contributed by atoms with Crippen molar-refractivity contribution in [1.82, 2.24) is 4.90 Å². The highest BCUT2D eigenvalue weighted by molar-refractivity contribution is 5.68. The number of likely N-dealkylation sites (tertiary alicyclic amines) is 1. The van der Waals surface area contributed by atoms with E-state index in [4.69, 9.17) is 4.74 Å². The van der Waals surface area contributed by atoms with E-state index in [1.54, 1.807) is 4.90 Å². The van der Waals surface area contributed by atoms with E-state index in [0.717, 1.165) is 5.56 Å². The molecule has 1 heterocycles. The average molecular weight is 277 g/mol. The lowest BCUT2D eigenvalue weighted by molar-refractivity contribution is 0.0283. The van der Waals surface area contributed by atoms with E-state index < -0.39 is 5.60 Å². The summed E-state index contributed by atoms with van der Waals surface area (Å²) in [6, 6.07) is 10.0. The molecule has 1 N–H and O–H groups in total. The molecule has 1 aliphatic rings. The molecule has 110 valence electrons. The minimum absolute atomic E-state index is 0.0740. The zero-order chi connectivity index (χ0) is 14.8. The van der Waals surface area contributed by atoms with Crippen LogP contribution in [-0.2, 0) is 4.74 Å². The number of aliphatic hydroxyl groups excluding tert-OH is 1. The molecule has 1 amide bonds. The monoisotopic (exact) mass is 277 g/mol. The normalized spacial score (nSPS) is 22.9. The predicted molar refractivity (Wildman–Crippen MR) is 77.6 cm³/mol. The van der Waals surface area contributed by atoms with Gasteiger partial charge >= 0.3 is 6.09 Å². The molecule has 1 aliphatic heterocycles. The number of hydrogen-bond donors (Lipinski definition) is 1.